The van der Waals surface area contributed by atoms with Gasteiger partial charge in [0, 0.05) is 23.2 Å². The quantitative estimate of drug-likeness (QED) is 0.835. The second-order valence-electron chi connectivity index (χ2n) is 6.03. The van der Waals surface area contributed by atoms with Crippen LogP contribution in [0.2, 0.25) is 0 Å². The molecule has 17 heavy (non-hydrogen) atoms. The van der Waals surface area contributed by atoms with E-state index in [0.29, 0.717) is 23.8 Å². The molecule has 96 valence electrons. The van der Waals surface area contributed by atoms with Gasteiger partial charge in [0.25, 0.3) is 0 Å². The van der Waals surface area contributed by atoms with Crippen molar-refractivity contribution in [3.05, 3.63) is 11.3 Å². The van der Waals surface area contributed by atoms with Crippen LogP contribution in [0.1, 0.15) is 70.6 Å². The molecular weight excluding hydrogens is 210 g/mol. The highest BCUT2D eigenvalue weighted by Crippen LogP contribution is 2.43. The molecule has 1 aliphatic carbocycles. The third-order valence-electron chi connectivity index (χ3n) is 3.84. The summed E-state index contributed by atoms with van der Waals surface area (Å²) in [4.78, 5) is 0. The van der Waals surface area contributed by atoms with Gasteiger partial charge in [-0.15, -0.1) is 0 Å². The van der Waals surface area contributed by atoms with Crippen LogP contribution in [0.3, 0.4) is 0 Å². The third kappa shape index (κ3) is 2.33. The van der Waals surface area contributed by atoms with E-state index in [9.17, 15) is 0 Å². The number of hydrogen-bond acceptors (Lipinski definition) is 2. The number of fused-ring (bicyclic) bond motifs is 1. The molecule has 0 aromatic carbocycles. The molecule has 2 N–H and O–H groups in total. The lowest BCUT2D eigenvalue weighted by atomic mass is 9.76. The highest BCUT2D eigenvalue weighted by molar-refractivity contribution is 5.51. The van der Waals surface area contributed by atoms with Gasteiger partial charge in [0.1, 0.15) is 0 Å². The van der Waals surface area contributed by atoms with Gasteiger partial charge in [0.15, 0.2) is 5.82 Å². The van der Waals surface area contributed by atoms with Gasteiger partial charge in [-0.1, -0.05) is 20.8 Å². The van der Waals surface area contributed by atoms with Gasteiger partial charge in [-0.2, -0.15) is 5.10 Å². The van der Waals surface area contributed by atoms with E-state index in [1.54, 1.807) is 0 Å². The zero-order valence-corrected chi connectivity index (χ0v) is 11.7. The average Bonchev–Trinajstić information content (AvgIpc) is 2.62. The molecule has 1 aromatic heterocycles. The van der Waals surface area contributed by atoms with Crippen LogP contribution in [0, 0.1) is 5.92 Å². The van der Waals surface area contributed by atoms with Crippen LogP contribution < -0.4 is 5.32 Å². The molecule has 0 bridgehead atoms. The topological polar surface area (TPSA) is 40.7 Å². The summed E-state index contributed by atoms with van der Waals surface area (Å²) in [5, 5.41) is 11.2. The predicted octanol–water partition coefficient (Wildman–Crippen LogP) is 3.87. The zero-order valence-electron chi connectivity index (χ0n) is 11.7. The summed E-state index contributed by atoms with van der Waals surface area (Å²) in [6.45, 7) is 11.3. The van der Waals surface area contributed by atoms with E-state index >= 15 is 0 Å². The van der Waals surface area contributed by atoms with Crippen LogP contribution in [-0.2, 0) is 0 Å². The Bertz CT molecular complexity index is 379. The lowest BCUT2D eigenvalue weighted by Gasteiger charge is -2.29. The molecule has 1 heterocycles. The van der Waals surface area contributed by atoms with Gasteiger partial charge < -0.3 is 5.32 Å². The van der Waals surface area contributed by atoms with Crippen LogP contribution in [-0.4, -0.2) is 16.2 Å². The van der Waals surface area contributed by atoms with Crippen molar-refractivity contribution in [3.63, 3.8) is 0 Å². The van der Waals surface area contributed by atoms with Crippen LogP contribution in [0.25, 0.3) is 0 Å². The Hall–Kier alpha value is -0.990. The second kappa shape index (κ2) is 4.71. The molecule has 0 fully saturated rings. The first-order valence-electron chi connectivity index (χ1n) is 6.85. The van der Waals surface area contributed by atoms with Crippen molar-refractivity contribution in [3.8, 4) is 0 Å². The summed E-state index contributed by atoms with van der Waals surface area (Å²) in [6.07, 6.45) is 2.57. The summed E-state index contributed by atoms with van der Waals surface area (Å²) in [5.74, 6) is 3.04. The minimum atomic E-state index is 0.439. The molecular formula is C14H25N3. The Labute approximate surface area is 104 Å². The lowest BCUT2D eigenvalue weighted by Crippen LogP contribution is -2.18. The van der Waals surface area contributed by atoms with Crippen LogP contribution in [0.5, 0.6) is 0 Å². The molecule has 0 radical (unpaired) electrons. The number of aromatic nitrogens is 2. The fourth-order valence-corrected chi connectivity index (χ4v) is 2.91. The summed E-state index contributed by atoms with van der Waals surface area (Å²) in [7, 11) is 0. The highest BCUT2D eigenvalue weighted by Gasteiger charge is 2.31. The molecule has 2 unspecified atom stereocenters. The minimum Gasteiger partial charge on any atom is -0.366 e. The van der Waals surface area contributed by atoms with Crippen molar-refractivity contribution in [2.75, 3.05) is 5.32 Å². The normalized spacial score (nSPS) is 24.2. The second-order valence-corrected chi connectivity index (χ2v) is 6.03. The number of nitrogens with zero attached hydrogens (tertiary/aromatic N) is 1. The number of nitrogens with one attached hydrogen (secondary N) is 2. The SMILES string of the molecule is CC(C)Nc1n[nH]c2c1C(C)CCC2C(C)C. The van der Waals surface area contributed by atoms with Crippen molar-refractivity contribution in [1.29, 1.82) is 0 Å². The third-order valence-corrected chi connectivity index (χ3v) is 3.84. The van der Waals surface area contributed by atoms with Crippen molar-refractivity contribution < 1.29 is 0 Å². The molecule has 2 atom stereocenters. The number of anilines is 1. The highest BCUT2D eigenvalue weighted by atomic mass is 15.2. The first-order chi connectivity index (χ1) is 8.00. The van der Waals surface area contributed by atoms with E-state index in [-0.39, 0.29) is 0 Å². The molecule has 3 nitrogen and oxygen atoms in total. The van der Waals surface area contributed by atoms with Gasteiger partial charge in [-0.3, -0.25) is 5.10 Å². The minimum absolute atomic E-state index is 0.439. The average molecular weight is 235 g/mol. The van der Waals surface area contributed by atoms with Crippen LogP contribution >= 0.6 is 0 Å². The van der Waals surface area contributed by atoms with E-state index < -0.39 is 0 Å². The Balaban J connectivity index is 2.35. The number of hydrogen-bond donors (Lipinski definition) is 2. The Morgan fingerprint density at radius 3 is 2.53 bits per heavy atom. The Kier molecular flexibility index (Phi) is 3.45. The zero-order chi connectivity index (χ0) is 12.6. The van der Waals surface area contributed by atoms with Gasteiger partial charge >= 0.3 is 0 Å². The Morgan fingerprint density at radius 2 is 1.94 bits per heavy atom. The van der Waals surface area contributed by atoms with Gasteiger partial charge in [0.2, 0.25) is 0 Å². The van der Waals surface area contributed by atoms with Crippen molar-refractivity contribution in [2.24, 2.45) is 5.92 Å². The maximum Gasteiger partial charge on any atom is 0.151 e. The smallest absolute Gasteiger partial charge is 0.151 e. The van der Waals surface area contributed by atoms with Crippen molar-refractivity contribution >= 4 is 5.82 Å². The monoisotopic (exact) mass is 235 g/mol. The van der Waals surface area contributed by atoms with Crippen molar-refractivity contribution in [1.82, 2.24) is 10.2 Å². The van der Waals surface area contributed by atoms with E-state index in [1.165, 1.54) is 24.1 Å². The molecule has 2 rings (SSSR count). The molecule has 0 saturated carbocycles. The maximum atomic E-state index is 4.48. The number of H-pyrrole nitrogens is 1. The molecule has 0 saturated heterocycles. The fourth-order valence-electron chi connectivity index (χ4n) is 2.91. The molecule has 0 spiro atoms. The molecule has 0 aliphatic heterocycles. The summed E-state index contributed by atoms with van der Waals surface area (Å²) >= 11 is 0. The Morgan fingerprint density at radius 1 is 1.24 bits per heavy atom. The number of aromatic amines is 1. The van der Waals surface area contributed by atoms with Crippen molar-refractivity contribution in [2.45, 2.75) is 65.3 Å². The van der Waals surface area contributed by atoms with Crippen LogP contribution in [0.15, 0.2) is 0 Å². The first-order valence-corrected chi connectivity index (χ1v) is 6.85. The lowest BCUT2D eigenvalue weighted by molar-refractivity contribution is 0.403. The summed E-state index contributed by atoms with van der Waals surface area (Å²) in [5.41, 5.74) is 2.81. The molecule has 3 heteroatoms. The van der Waals surface area contributed by atoms with E-state index in [0.717, 1.165) is 5.82 Å². The largest absolute Gasteiger partial charge is 0.366 e. The predicted molar refractivity (Wildman–Crippen MR) is 72.6 cm³/mol. The summed E-state index contributed by atoms with van der Waals surface area (Å²) < 4.78 is 0. The van der Waals surface area contributed by atoms with Gasteiger partial charge in [-0.25, -0.2) is 0 Å². The summed E-state index contributed by atoms with van der Waals surface area (Å²) in [6, 6.07) is 0.439. The molecule has 1 aliphatic rings. The van der Waals surface area contributed by atoms with Crippen LogP contribution in [0.4, 0.5) is 5.82 Å². The standard InChI is InChI=1S/C14H25N3/c1-8(2)11-7-6-10(5)12-13(11)16-17-14(12)15-9(3)4/h8-11H,6-7H2,1-5H3,(H2,15,16,17). The van der Waals surface area contributed by atoms with Gasteiger partial charge in [0.05, 0.1) is 0 Å². The number of rotatable bonds is 3. The maximum absolute atomic E-state index is 4.48. The van der Waals surface area contributed by atoms with E-state index in [4.69, 9.17) is 0 Å². The molecule has 0 amide bonds. The van der Waals surface area contributed by atoms with E-state index in [2.05, 4.69) is 50.1 Å². The van der Waals surface area contributed by atoms with Gasteiger partial charge in [-0.05, 0) is 38.5 Å². The van der Waals surface area contributed by atoms with E-state index in [1.807, 2.05) is 0 Å². The first kappa shape index (κ1) is 12.5. The fraction of sp³-hybridized carbons (Fsp3) is 0.786. The molecule has 1 aromatic rings.